The number of aromatic carboxylic acids is 1. The molecule has 2 aromatic rings. The van der Waals surface area contributed by atoms with Crippen molar-refractivity contribution in [2.45, 2.75) is 6.92 Å². The van der Waals surface area contributed by atoms with Crippen molar-refractivity contribution in [3.05, 3.63) is 5.69 Å². The monoisotopic (exact) mass is 240 g/mol. The van der Waals surface area contributed by atoms with Gasteiger partial charge in [0, 0.05) is 14.0 Å². The number of hydrogen-bond acceptors (Lipinski definition) is 5. The second-order valence-corrected chi connectivity index (χ2v) is 4.13. The van der Waals surface area contributed by atoms with Gasteiger partial charge in [-0.15, -0.1) is 0 Å². The van der Waals surface area contributed by atoms with E-state index in [0.717, 1.165) is 11.3 Å². The molecule has 0 aromatic carbocycles. The van der Waals surface area contributed by atoms with Gasteiger partial charge in [-0.05, 0) is 0 Å². The topological polar surface area (TPSA) is 97.1 Å². The highest BCUT2D eigenvalue weighted by Crippen LogP contribution is 2.28. The third-order valence-corrected chi connectivity index (χ3v) is 2.83. The highest BCUT2D eigenvalue weighted by molar-refractivity contribution is 7.22. The molecule has 0 saturated heterocycles. The van der Waals surface area contributed by atoms with Crippen LogP contribution in [-0.2, 0) is 11.8 Å². The summed E-state index contributed by atoms with van der Waals surface area (Å²) >= 11 is 1.09. The van der Waals surface area contributed by atoms with Crippen LogP contribution < -0.4 is 5.32 Å². The first-order chi connectivity index (χ1) is 7.49. The molecule has 2 aromatic heterocycles. The summed E-state index contributed by atoms with van der Waals surface area (Å²) in [5, 5.41) is 15.6. The van der Waals surface area contributed by atoms with E-state index in [0.29, 0.717) is 15.5 Å². The molecule has 2 heterocycles. The fourth-order valence-corrected chi connectivity index (χ4v) is 2.29. The van der Waals surface area contributed by atoms with Gasteiger partial charge in [-0.2, -0.15) is 10.1 Å². The number of fused-ring (bicyclic) bond motifs is 1. The number of carbonyl (C=O) groups excluding carboxylic acids is 1. The van der Waals surface area contributed by atoms with Crippen LogP contribution >= 0.6 is 11.3 Å². The summed E-state index contributed by atoms with van der Waals surface area (Å²) in [5.41, 5.74) is 0.401. The van der Waals surface area contributed by atoms with Gasteiger partial charge >= 0.3 is 5.97 Å². The van der Waals surface area contributed by atoms with Crippen molar-refractivity contribution in [1.82, 2.24) is 14.8 Å². The van der Waals surface area contributed by atoms with E-state index in [1.54, 1.807) is 7.05 Å². The van der Waals surface area contributed by atoms with E-state index < -0.39 is 5.97 Å². The average Bonchev–Trinajstić information content (AvgIpc) is 2.66. The van der Waals surface area contributed by atoms with E-state index in [4.69, 9.17) is 5.11 Å². The lowest BCUT2D eigenvalue weighted by atomic mass is 10.4. The quantitative estimate of drug-likeness (QED) is 0.804. The summed E-state index contributed by atoms with van der Waals surface area (Å²) in [4.78, 5) is 25.8. The Hall–Kier alpha value is -1.96. The van der Waals surface area contributed by atoms with Gasteiger partial charge in [-0.1, -0.05) is 11.3 Å². The summed E-state index contributed by atoms with van der Waals surface area (Å²) in [6.07, 6.45) is 0. The molecule has 7 nitrogen and oxygen atoms in total. The number of nitrogens with zero attached hydrogens (tertiary/aromatic N) is 3. The molecule has 0 atom stereocenters. The van der Waals surface area contributed by atoms with Crippen LogP contribution in [0.25, 0.3) is 10.3 Å². The number of nitrogens with one attached hydrogen (secondary N) is 1. The van der Waals surface area contributed by atoms with E-state index in [1.165, 1.54) is 11.6 Å². The lowest BCUT2D eigenvalue weighted by Crippen LogP contribution is -2.05. The second-order valence-electron chi connectivity index (χ2n) is 3.13. The number of thiazole rings is 1. The molecule has 84 valence electrons. The van der Waals surface area contributed by atoms with Crippen molar-refractivity contribution in [2.75, 3.05) is 5.32 Å². The molecule has 0 unspecified atom stereocenters. The number of hydrogen-bond donors (Lipinski definition) is 2. The molecule has 0 aliphatic carbocycles. The normalized spacial score (nSPS) is 10.6. The first kappa shape index (κ1) is 10.6. The van der Waals surface area contributed by atoms with Crippen LogP contribution in [0.3, 0.4) is 0 Å². The summed E-state index contributed by atoms with van der Waals surface area (Å²) in [7, 11) is 1.60. The Balaban J connectivity index is 2.57. The maximum Gasteiger partial charge on any atom is 0.357 e. The zero-order chi connectivity index (χ0) is 11.9. The molecule has 0 spiro atoms. The Morgan fingerprint density at radius 3 is 2.75 bits per heavy atom. The van der Waals surface area contributed by atoms with E-state index in [2.05, 4.69) is 15.4 Å². The average molecular weight is 240 g/mol. The van der Waals surface area contributed by atoms with Crippen molar-refractivity contribution in [2.24, 2.45) is 7.05 Å². The zero-order valence-corrected chi connectivity index (χ0v) is 9.33. The minimum Gasteiger partial charge on any atom is -0.476 e. The first-order valence-electron chi connectivity index (χ1n) is 4.33. The van der Waals surface area contributed by atoms with Crippen LogP contribution in [0.2, 0.25) is 0 Å². The summed E-state index contributed by atoms with van der Waals surface area (Å²) in [6.45, 7) is 1.36. The minimum atomic E-state index is -1.11. The number of rotatable bonds is 2. The molecule has 0 aliphatic rings. The van der Waals surface area contributed by atoms with Gasteiger partial charge in [0.2, 0.25) is 5.91 Å². The molecule has 2 N–H and O–H groups in total. The molecular formula is C8H8N4O3S. The molecule has 0 aliphatic heterocycles. The number of carbonyl (C=O) groups is 2. The van der Waals surface area contributed by atoms with Crippen LogP contribution in [0, 0.1) is 0 Å². The number of aromatic nitrogens is 3. The van der Waals surface area contributed by atoms with Crippen molar-refractivity contribution < 1.29 is 14.7 Å². The largest absolute Gasteiger partial charge is 0.476 e. The number of anilines is 1. The molecule has 0 saturated carbocycles. The minimum absolute atomic E-state index is 0.0494. The fourth-order valence-electron chi connectivity index (χ4n) is 1.27. The number of aryl methyl sites for hydroxylation is 1. The van der Waals surface area contributed by atoms with Gasteiger partial charge in [0.25, 0.3) is 0 Å². The maximum atomic E-state index is 10.9. The van der Waals surface area contributed by atoms with Crippen LogP contribution in [0.4, 0.5) is 5.13 Å². The van der Waals surface area contributed by atoms with Crippen molar-refractivity contribution in [1.29, 1.82) is 0 Å². The predicted molar refractivity (Wildman–Crippen MR) is 57.6 cm³/mol. The molecule has 8 heteroatoms. The molecule has 16 heavy (non-hydrogen) atoms. The molecule has 0 bridgehead atoms. The maximum absolute atomic E-state index is 10.9. The van der Waals surface area contributed by atoms with Gasteiger partial charge in [0.15, 0.2) is 16.5 Å². The van der Waals surface area contributed by atoms with E-state index >= 15 is 0 Å². The Kier molecular flexibility index (Phi) is 2.35. The van der Waals surface area contributed by atoms with Crippen molar-refractivity contribution >= 4 is 38.7 Å². The van der Waals surface area contributed by atoms with Crippen molar-refractivity contribution in [3.63, 3.8) is 0 Å². The van der Waals surface area contributed by atoms with Gasteiger partial charge in [0.05, 0.1) is 0 Å². The molecule has 1 amide bonds. The smallest absolute Gasteiger partial charge is 0.357 e. The van der Waals surface area contributed by atoms with Crippen molar-refractivity contribution in [3.8, 4) is 0 Å². The molecular weight excluding hydrogens is 232 g/mol. The fraction of sp³-hybridized carbons (Fsp3) is 0.250. The highest BCUT2D eigenvalue weighted by atomic mass is 32.1. The van der Waals surface area contributed by atoms with Crippen LogP contribution in [0.15, 0.2) is 0 Å². The molecule has 0 fully saturated rings. The van der Waals surface area contributed by atoms with Crippen LogP contribution in [-0.4, -0.2) is 31.7 Å². The zero-order valence-electron chi connectivity index (χ0n) is 8.51. The highest BCUT2D eigenvalue weighted by Gasteiger charge is 2.19. The standard InChI is InChI=1S/C8H8N4O3S/c1-3(13)9-8-10-6-5(16-8)4(7(14)15)11-12(6)2/h1-2H3,(H,14,15)(H,9,10,13). The summed E-state index contributed by atoms with van der Waals surface area (Å²) in [6, 6.07) is 0. The number of carboxylic acid groups (broad SMARTS) is 1. The summed E-state index contributed by atoms with van der Waals surface area (Å²) in [5.74, 6) is -1.35. The SMILES string of the molecule is CC(=O)Nc1nc2c(s1)c(C(=O)O)nn2C. The van der Waals surface area contributed by atoms with E-state index in [9.17, 15) is 9.59 Å². The number of carboxylic acids is 1. The van der Waals surface area contributed by atoms with Gasteiger partial charge in [0.1, 0.15) is 4.70 Å². The Morgan fingerprint density at radius 2 is 2.19 bits per heavy atom. The van der Waals surface area contributed by atoms with Gasteiger partial charge in [-0.3, -0.25) is 4.79 Å². The predicted octanol–water partition coefficient (Wildman–Crippen LogP) is 0.686. The Morgan fingerprint density at radius 1 is 1.50 bits per heavy atom. The lowest BCUT2D eigenvalue weighted by molar-refractivity contribution is -0.114. The van der Waals surface area contributed by atoms with Gasteiger partial charge in [-0.25, -0.2) is 9.48 Å². The lowest BCUT2D eigenvalue weighted by Gasteiger charge is -1.93. The van der Waals surface area contributed by atoms with Crippen LogP contribution in [0.5, 0.6) is 0 Å². The van der Waals surface area contributed by atoms with E-state index in [1.807, 2.05) is 0 Å². The first-order valence-corrected chi connectivity index (χ1v) is 5.15. The van der Waals surface area contributed by atoms with Crippen LogP contribution in [0.1, 0.15) is 17.4 Å². The third-order valence-electron chi connectivity index (χ3n) is 1.87. The Bertz CT molecular complexity index is 585. The molecule has 0 radical (unpaired) electrons. The Labute approximate surface area is 93.7 Å². The number of amides is 1. The summed E-state index contributed by atoms with van der Waals surface area (Å²) < 4.78 is 1.83. The van der Waals surface area contributed by atoms with E-state index in [-0.39, 0.29) is 11.6 Å². The molecule has 2 rings (SSSR count). The van der Waals surface area contributed by atoms with Gasteiger partial charge < -0.3 is 10.4 Å². The second kappa shape index (κ2) is 3.56. The third kappa shape index (κ3) is 1.63.